The predicted octanol–water partition coefficient (Wildman–Crippen LogP) is -3.86. The molecule has 0 radical (unpaired) electrons. The van der Waals surface area contributed by atoms with Crippen molar-refractivity contribution in [3.63, 3.8) is 0 Å². The zero-order valence-electron chi connectivity index (χ0n) is 55.2. The summed E-state index contributed by atoms with van der Waals surface area (Å²) in [5.74, 6) is -3.40. The van der Waals surface area contributed by atoms with Gasteiger partial charge in [0, 0.05) is 48.4 Å². The van der Waals surface area contributed by atoms with E-state index < -0.39 is 225 Å². The predicted molar refractivity (Wildman–Crippen MR) is 342 cm³/mol. The molecule has 11 saturated heterocycles. The number of rotatable bonds is 18. The fraction of sp³-hybridized carbons (Fsp3) is 0.630. The summed E-state index contributed by atoms with van der Waals surface area (Å²) < 4.78 is 156. The number of nitrogens with two attached hydrogens (primary N) is 4. The summed E-state index contributed by atoms with van der Waals surface area (Å²) in [6.07, 6.45) is -5.28. The molecule has 48 heteroatoms. The third kappa shape index (κ3) is 10.6. The number of hydrogen-bond acceptors (Lipinski definition) is 24. The van der Waals surface area contributed by atoms with Crippen LogP contribution in [-0.4, -0.2) is 341 Å². The molecule has 0 aliphatic carbocycles. The van der Waals surface area contributed by atoms with E-state index in [9.17, 15) is 51.9 Å². The number of benzene rings is 2. The minimum Gasteiger partial charge on any atom is -0.492 e. The molecule has 0 atom stereocenters. The summed E-state index contributed by atoms with van der Waals surface area (Å²) in [6, 6.07) is -0.702. The van der Waals surface area contributed by atoms with Crippen molar-refractivity contribution in [2.24, 2.45) is 22.9 Å². The smallest absolute Gasteiger partial charge is 0.326 e. The van der Waals surface area contributed by atoms with Crippen molar-refractivity contribution in [1.82, 2.24) is 78.4 Å². The molecule has 12 N–H and O–H groups in total. The van der Waals surface area contributed by atoms with Gasteiger partial charge in [-0.1, -0.05) is 0 Å². The number of hydrogen-bond donors (Lipinski definition) is 8. The highest BCUT2D eigenvalue weighted by Crippen LogP contribution is 2.59. The van der Waals surface area contributed by atoms with Crippen LogP contribution in [0.1, 0.15) is 49.9 Å². The Balaban J connectivity index is 0.00000110. The van der Waals surface area contributed by atoms with Crippen LogP contribution in [0, 0.1) is 0 Å². The topological polar surface area (TPSA) is 547 Å². The fourth-order valence-corrected chi connectivity index (χ4v) is 17.4. The minimum absolute atomic E-state index is 0.00665. The van der Waals surface area contributed by atoms with Crippen LogP contribution in [0.5, 0.6) is 23.0 Å². The first kappa shape index (κ1) is 71.7. The standard InChI is InChI=1S/C50H60N16O24S4.2C2H8N2/c1-47-49(3)63-23-55-37-35-51(39(55)67)21-53-36-38-57(41(53)69)25-65-45(73)61-19-29-30(34(90-12-16-94(84,85)86)8-7-33(29)89-11-15-93(81,82)83)20-62-46(74)66(50(65,4)48(61,62)2)26-58(38)42(70)54(36)22-52(35)40(68)56(37)24-64(49)44(72)60(47)18-28-27(17-59(47)43(63)71)31(87-9-13-91(75,76)77)5-6-32(28)88-10-14-92(78,79)80;2*3-1-2-4/h5-8,35-38H,9-26H2,1-4H3,(H,75,76,77)(H,78,79,80)(H,81,82,83)(H,84,85,86);2*1-4H2. The van der Waals surface area contributed by atoms with Crippen LogP contribution in [0.2, 0.25) is 0 Å². The van der Waals surface area contributed by atoms with Gasteiger partial charge in [0.05, 0.1) is 26.2 Å². The monoisotopic (exact) mass is 1520 g/mol. The number of ether oxygens (including phenoxy) is 4. The molecule has 0 unspecified atom stereocenters. The highest BCUT2D eigenvalue weighted by atomic mass is 32.2. The lowest BCUT2D eigenvalue weighted by Crippen LogP contribution is -2.69. The Labute approximate surface area is 583 Å². The molecule has 0 aromatic heterocycles. The number of carbonyl (C=O) groups is 8. The fourth-order valence-electron chi connectivity index (χ4n) is 16.2. The lowest BCUT2D eigenvalue weighted by Gasteiger charge is -2.49. The third-order valence-corrected chi connectivity index (χ3v) is 24.1. The van der Waals surface area contributed by atoms with E-state index in [4.69, 9.17) is 41.9 Å². The summed E-state index contributed by atoms with van der Waals surface area (Å²) in [5.41, 5.74) is 13.4. The molecule has 0 saturated carbocycles. The highest BCUT2D eigenvalue weighted by molar-refractivity contribution is 7.86. The van der Waals surface area contributed by atoms with Crippen LogP contribution in [0.3, 0.4) is 0 Å². The first-order valence-electron chi connectivity index (χ1n) is 31.8. The molecule has 44 nitrogen and oxygen atoms in total. The lowest BCUT2D eigenvalue weighted by atomic mass is 9.95. The van der Waals surface area contributed by atoms with Crippen molar-refractivity contribution in [3.05, 3.63) is 46.5 Å². The van der Waals surface area contributed by atoms with Crippen LogP contribution in [0.4, 0.5) is 38.4 Å². The maximum absolute atomic E-state index is 15.5. The molecule has 2 aromatic carbocycles. The molecule has 0 spiro atoms. The molecule has 0 bridgehead atoms. The summed E-state index contributed by atoms with van der Waals surface area (Å²) in [5, 5.41) is 0. The SMILES string of the molecule is CC12N3Cc4c(OCCS(=O)(=O)O)ccc(OCCS(=O)(=O)O)c4CN1C(=O)N1CN4C(=O)N5CN6C(=O)N7CN8C(=O)N9Cc%10c(OCCS(=O)(=O)O)ccc(OCCS(=O)(=O)O)c%10CN%10C(=O)N(CN%11C(=O)N(CN%12C(=O)N(CN(C3=O)C12C)C4C%125)C6C%117)C8(C)C%109C.NCCN.NCCN. The summed E-state index contributed by atoms with van der Waals surface area (Å²) in [4.78, 5) is 145. The second-order valence-electron chi connectivity index (χ2n) is 26.4. The van der Waals surface area contributed by atoms with Gasteiger partial charge in [0.1, 0.15) is 112 Å². The van der Waals surface area contributed by atoms with Gasteiger partial charge >= 0.3 is 48.2 Å². The van der Waals surface area contributed by atoms with E-state index in [0.717, 1.165) is 0 Å². The first-order valence-corrected chi connectivity index (χ1v) is 38.3. The van der Waals surface area contributed by atoms with Gasteiger partial charge in [-0.15, -0.1) is 0 Å². The molecule has 13 heterocycles. The van der Waals surface area contributed by atoms with Crippen molar-refractivity contribution >= 4 is 88.7 Å². The van der Waals surface area contributed by atoms with Gasteiger partial charge < -0.3 is 41.9 Å². The summed E-state index contributed by atoms with van der Waals surface area (Å²) in [6.45, 7) is 1.31. The number of urea groups is 8. The van der Waals surface area contributed by atoms with Gasteiger partial charge in [0.15, 0.2) is 47.3 Å². The van der Waals surface area contributed by atoms with Crippen molar-refractivity contribution in [2.45, 2.75) is 101 Å². The maximum atomic E-state index is 15.5. The Bertz CT molecular complexity index is 3890. The highest BCUT2D eigenvalue weighted by Gasteiger charge is 2.80. The Morgan fingerprint density at radius 1 is 0.324 bits per heavy atom. The second kappa shape index (κ2) is 24.5. The molecule has 13 aliphatic rings. The van der Waals surface area contributed by atoms with Crippen molar-refractivity contribution in [1.29, 1.82) is 0 Å². The van der Waals surface area contributed by atoms with E-state index in [1.165, 1.54) is 103 Å². The van der Waals surface area contributed by atoms with E-state index >= 15 is 38.4 Å². The van der Waals surface area contributed by atoms with Crippen molar-refractivity contribution in [3.8, 4) is 23.0 Å². The van der Waals surface area contributed by atoms with E-state index in [2.05, 4.69) is 0 Å². The molecule has 11 fully saturated rings. The van der Waals surface area contributed by atoms with E-state index in [1.807, 2.05) is 0 Å². The number of fused-ring (bicyclic) bond motifs is 2. The largest absolute Gasteiger partial charge is 0.492 e. The average molecular weight is 1520 g/mol. The van der Waals surface area contributed by atoms with Crippen LogP contribution < -0.4 is 41.9 Å². The summed E-state index contributed by atoms with van der Waals surface area (Å²) in [7, 11) is -18.2. The number of nitrogens with zero attached hydrogens (tertiary/aromatic N) is 16. The zero-order chi connectivity index (χ0) is 74.0. The average Bonchev–Trinajstić information content (AvgIpc) is 1.50. The molecule has 560 valence electrons. The van der Waals surface area contributed by atoms with E-state index in [1.54, 1.807) is 27.7 Å². The quantitative estimate of drug-likeness (QED) is 0.0662. The molecule has 102 heavy (non-hydrogen) atoms. The Morgan fingerprint density at radius 2 is 0.500 bits per heavy atom. The van der Waals surface area contributed by atoms with Gasteiger partial charge in [-0.25, -0.2) is 38.4 Å². The maximum Gasteiger partial charge on any atom is 0.326 e. The lowest BCUT2D eigenvalue weighted by molar-refractivity contribution is -0.0871. The van der Waals surface area contributed by atoms with Gasteiger partial charge in [-0.05, 0) is 52.0 Å². The third-order valence-electron chi connectivity index (χ3n) is 21.4. The van der Waals surface area contributed by atoms with Crippen LogP contribution in [0.15, 0.2) is 24.3 Å². The Morgan fingerprint density at radius 3 is 0.676 bits per heavy atom. The van der Waals surface area contributed by atoms with Gasteiger partial charge in [-0.2, -0.15) is 33.7 Å². The second-order valence-corrected chi connectivity index (χ2v) is 32.7. The number of carbonyl (C=O) groups excluding carboxylic acids is 8. The van der Waals surface area contributed by atoms with Gasteiger partial charge in [0.25, 0.3) is 40.5 Å². The minimum atomic E-state index is -4.54. The Hall–Kier alpha value is -8.72. The molecular weight excluding hydrogens is 1440 g/mol. The van der Waals surface area contributed by atoms with Gasteiger partial charge in [0.2, 0.25) is 0 Å². The van der Waals surface area contributed by atoms with E-state index in [0.29, 0.717) is 26.2 Å². The van der Waals surface area contributed by atoms with Gasteiger partial charge in [-0.3, -0.25) is 96.6 Å². The van der Waals surface area contributed by atoms with Crippen LogP contribution in [0.25, 0.3) is 0 Å². The molecule has 15 rings (SSSR count). The number of amides is 16. The van der Waals surface area contributed by atoms with Crippen molar-refractivity contribution in [2.75, 3.05) is 116 Å². The Kier molecular flexibility index (Phi) is 17.2. The van der Waals surface area contributed by atoms with Crippen LogP contribution >= 0.6 is 0 Å². The molecule has 2 aromatic rings. The van der Waals surface area contributed by atoms with Crippen molar-refractivity contribution < 1.29 is 109 Å². The molecular formula is C54H76N20O24S4. The molecule has 16 amide bonds. The first-order chi connectivity index (χ1) is 47.8. The zero-order valence-corrected chi connectivity index (χ0v) is 58.5. The summed E-state index contributed by atoms with van der Waals surface area (Å²) >= 11 is 0. The normalized spacial score (nSPS) is 28.6. The molecule has 13 aliphatic heterocycles. The van der Waals surface area contributed by atoms with E-state index in [-0.39, 0.29) is 71.4 Å². The van der Waals surface area contributed by atoms with Crippen LogP contribution in [-0.2, 0) is 66.7 Å².